The molecular weight excluding hydrogens is 156 g/mol. The summed E-state index contributed by atoms with van der Waals surface area (Å²) in [4.78, 5) is 0. The number of hydrogen-bond acceptors (Lipinski definition) is 0. The summed E-state index contributed by atoms with van der Waals surface area (Å²) in [6, 6.07) is 0. The molecule has 0 aromatic rings. The molecule has 4 bridgehead atoms. The molecule has 0 heteroatoms. The van der Waals surface area contributed by atoms with E-state index in [0.717, 1.165) is 35.5 Å². The summed E-state index contributed by atoms with van der Waals surface area (Å²) in [6.45, 7) is 0. The maximum Gasteiger partial charge on any atom is -0.0139 e. The molecule has 0 unspecified atom stereocenters. The molecule has 0 aromatic carbocycles. The third kappa shape index (κ3) is 0.697. The SMILES string of the molecule is C1=C[C@H]2C[C@H]3[C@@H](C1)[C@H]1C=C[C@@H]2[C@@H]3C1. The third-order valence-electron chi connectivity index (χ3n) is 5.10. The Kier molecular flexibility index (Phi) is 1.11. The van der Waals surface area contributed by atoms with E-state index < -0.39 is 0 Å². The van der Waals surface area contributed by atoms with E-state index in [2.05, 4.69) is 24.3 Å². The number of fused-ring (bicyclic) bond motifs is 4. The average Bonchev–Trinajstić information content (AvgIpc) is 2.52. The standard InChI is InChI=1S/C13H16/c1-2-8-6-12-10(3-1)9-4-5-11(8)13(12)7-9/h1-2,4-5,8-13H,3,6-7H2/t8-,9-,10-,11-,12-,13-/m0/s1. The molecule has 0 amide bonds. The lowest BCUT2D eigenvalue weighted by atomic mass is 9.82. The fourth-order valence-electron chi connectivity index (χ4n) is 4.62. The first kappa shape index (κ1) is 6.86. The molecule has 4 aliphatic rings. The minimum Gasteiger partial charge on any atom is -0.0879 e. The zero-order valence-corrected chi connectivity index (χ0v) is 7.89. The quantitative estimate of drug-likeness (QED) is 0.493. The van der Waals surface area contributed by atoms with Crippen molar-refractivity contribution in [3.63, 3.8) is 0 Å². The van der Waals surface area contributed by atoms with Crippen molar-refractivity contribution in [1.82, 2.24) is 0 Å². The van der Waals surface area contributed by atoms with Gasteiger partial charge in [-0.3, -0.25) is 0 Å². The summed E-state index contributed by atoms with van der Waals surface area (Å²) in [5.41, 5.74) is 0. The second-order valence-electron chi connectivity index (χ2n) is 5.42. The Balaban J connectivity index is 1.93. The lowest BCUT2D eigenvalue weighted by Gasteiger charge is -2.23. The minimum atomic E-state index is 0.914. The van der Waals surface area contributed by atoms with Crippen molar-refractivity contribution < 1.29 is 0 Å². The topological polar surface area (TPSA) is 0 Å². The third-order valence-corrected chi connectivity index (χ3v) is 5.10. The number of rotatable bonds is 0. The Hall–Kier alpha value is -0.520. The molecule has 4 rings (SSSR count). The van der Waals surface area contributed by atoms with Crippen LogP contribution in [0.4, 0.5) is 0 Å². The van der Waals surface area contributed by atoms with Crippen LogP contribution < -0.4 is 0 Å². The Bertz CT molecular complexity index is 299. The van der Waals surface area contributed by atoms with E-state index in [1.54, 1.807) is 0 Å². The highest BCUT2D eigenvalue weighted by molar-refractivity contribution is 5.21. The summed E-state index contributed by atoms with van der Waals surface area (Å²) in [5, 5.41) is 0. The van der Waals surface area contributed by atoms with Crippen molar-refractivity contribution in [2.75, 3.05) is 0 Å². The summed E-state index contributed by atoms with van der Waals surface area (Å²) in [5.74, 6) is 5.99. The van der Waals surface area contributed by atoms with E-state index in [9.17, 15) is 0 Å². The van der Waals surface area contributed by atoms with Gasteiger partial charge in [-0.2, -0.15) is 0 Å². The maximum absolute atomic E-state index is 2.55. The predicted molar refractivity (Wildman–Crippen MR) is 53.1 cm³/mol. The Labute approximate surface area is 79.7 Å². The molecule has 0 nitrogen and oxygen atoms in total. The molecule has 13 heavy (non-hydrogen) atoms. The van der Waals surface area contributed by atoms with Crippen LogP contribution in [0.15, 0.2) is 24.3 Å². The highest BCUT2D eigenvalue weighted by atomic mass is 14.6. The Morgan fingerprint density at radius 2 is 1.69 bits per heavy atom. The van der Waals surface area contributed by atoms with Crippen molar-refractivity contribution in [1.29, 1.82) is 0 Å². The highest BCUT2D eigenvalue weighted by Crippen LogP contribution is 2.61. The van der Waals surface area contributed by atoms with Crippen LogP contribution in [0, 0.1) is 35.5 Å². The van der Waals surface area contributed by atoms with Crippen molar-refractivity contribution >= 4 is 0 Å². The highest BCUT2D eigenvalue weighted by Gasteiger charge is 2.53. The van der Waals surface area contributed by atoms with Crippen molar-refractivity contribution in [2.45, 2.75) is 19.3 Å². The molecule has 2 fully saturated rings. The second kappa shape index (κ2) is 2.10. The van der Waals surface area contributed by atoms with Crippen LogP contribution in [0.3, 0.4) is 0 Å². The smallest absolute Gasteiger partial charge is 0.0139 e. The van der Waals surface area contributed by atoms with Crippen LogP contribution in [0.1, 0.15) is 19.3 Å². The Morgan fingerprint density at radius 1 is 0.769 bits per heavy atom. The molecule has 0 radical (unpaired) electrons. The molecule has 2 saturated carbocycles. The van der Waals surface area contributed by atoms with Gasteiger partial charge in [0.05, 0.1) is 0 Å². The van der Waals surface area contributed by atoms with Crippen LogP contribution in [0.25, 0.3) is 0 Å². The molecule has 0 saturated heterocycles. The van der Waals surface area contributed by atoms with Gasteiger partial charge >= 0.3 is 0 Å². The average molecular weight is 172 g/mol. The number of hydrogen-bond donors (Lipinski definition) is 0. The van der Waals surface area contributed by atoms with Gasteiger partial charge in [-0.1, -0.05) is 24.3 Å². The molecule has 68 valence electrons. The molecule has 0 spiro atoms. The van der Waals surface area contributed by atoms with E-state index in [1.165, 1.54) is 19.3 Å². The molecule has 0 aliphatic heterocycles. The van der Waals surface area contributed by atoms with E-state index in [4.69, 9.17) is 0 Å². The van der Waals surface area contributed by atoms with Gasteiger partial charge in [-0.25, -0.2) is 0 Å². The van der Waals surface area contributed by atoms with Gasteiger partial charge in [0.1, 0.15) is 0 Å². The van der Waals surface area contributed by atoms with Gasteiger partial charge in [0, 0.05) is 0 Å². The van der Waals surface area contributed by atoms with Crippen molar-refractivity contribution in [2.24, 2.45) is 35.5 Å². The lowest BCUT2D eigenvalue weighted by molar-refractivity contribution is 0.332. The van der Waals surface area contributed by atoms with Crippen molar-refractivity contribution in [3.8, 4) is 0 Å². The minimum absolute atomic E-state index is 0.914. The van der Waals surface area contributed by atoms with Gasteiger partial charge in [0.2, 0.25) is 0 Å². The first-order valence-electron chi connectivity index (χ1n) is 5.78. The van der Waals surface area contributed by atoms with Crippen LogP contribution in [0.5, 0.6) is 0 Å². The number of allylic oxidation sites excluding steroid dienone is 4. The zero-order valence-electron chi connectivity index (χ0n) is 7.89. The molecule has 0 aromatic heterocycles. The summed E-state index contributed by atoms with van der Waals surface area (Å²) < 4.78 is 0. The fraction of sp³-hybridized carbons (Fsp3) is 0.692. The van der Waals surface area contributed by atoms with Gasteiger partial charge in [0.15, 0.2) is 0 Å². The predicted octanol–water partition coefficient (Wildman–Crippen LogP) is 3.02. The lowest BCUT2D eigenvalue weighted by Crippen LogP contribution is -2.15. The first-order valence-corrected chi connectivity index (χ1v) is 5.78. The molecule has 0 heterocycles. The molecule has 4 aliphatic carbocycles. The van der Waals surface area contributed by atoms with Crippen LogP contribution in [0.2, 0.25) is 0 Å². The largest absolute Gasteiger partial charge is 0.0879 e. The van der Waals surface area contributed by atoms with Crippen LogP contribution in [-0.4, -0.2) is 0 Å². The van der Waals surface area contributed by atoms with E-state index in [-0.39, 0.29) is 0 Å². The molecular formula is C13H16. The fourth-order valence-corrected chi connectivity index (χ4v) is 4.62. The molecule has 6 atom stereocenters. The normalized spacial score (nSPS) is 60.3. The van der Waals surface area contributed by atoms with Gasteiger partial charge < -0.3 is 0 Å². The van der Waals surface area contributed by atoms with Crippen molar-refractivity contribution in [3.05, 3.63) is 24.3 Å². The zero-order chi connectivity index (χ0) is 8.41. The molecule has 0 N–H and O–H groups in total. The second-order valence-corrected chi connectivity index (χ2v) is 5.42. The van der Waals surface area contributed by atoms with Gasteiger partial charge in [-0.15, -0.1) is 0 Å². The monoisotopic (exact) mass is 172 g/mol. The Morgan fingerprint density at radius 3 is 2.69 bits per heavy atom. The summed E-state index contributed by atoms with van der Waals surface area (Å²) >= 11 is 0. The maximum atomic E-state index is 2.55. The first-order chi connectivity index (χ1) is 6.43. The van der Waals surface area contributed by atoms with E-state index >= 15 is 0 Å². The summed E-state index contributed by atoms with van der Waals surface area (Å²) in [6.07, 6.45) is 14.5. The van der Waals surface area contributed by atoms with E-state index in [1.807, 2.05) is 0 Å². The van der Waals surface area contributed by atoms with Gasteiger partial charge in [-0.05, 0) is 54.8 Å². The van der Waals surface area contributed by atoms with Crippen LogP contribution in [-0.2, 0) is 0 Å². The van der Waals surface area contributed by atoms with E-state index in [0.29, 0.717) is 0 Å². The summed E-state index contributed by atoms with van der Waals surface area (Å²) in [7, 11) is 0. The van der Waals surface area contributed by atoms with Crippen LogP contribution >= 0.6 is 0 Å². The van der Waals surface area contributed by atoms with Gasteiger partial charge in [0.25, 0.3) is 0 Å².